The Balaban J connectivity index is 2.36. The van der Waals surface area contributed by atoms with Crippen molar-refractivity contribution in [2.24, 2.45) is 0 Å². The molecule has 0 spiro atoms. The third kappa shape index (κ3) is 1.88. The van der Waals surface area contributed by atoms with Gasteiger partial charge in [-0.2, -0.15) is 0 Å². The average molecular weight is 256 g/mol. The van der Waals surface area contributed by atoms with Crippen molar-refractivity contribution in [1.29, 1.82) is 0 Å². The molecule has 98 valence electrons. The third-order valence-corrected chi connectivity index (χ3v) is 3.25. The second-order valence-electron chi connectivity index (χ2n) is 4.30. The summed E-state index contributed by atoms with van der Waals surface area (Å²) in [6.07, 6.45) is -2.01. The van der Waals surface area contributed by atoms with Crippen LogP contribution in [0.1, 0.15) is 24.5 Å². The molecule has 0 amide bonds. The molecule has 2 unspecified atom stereocenters. The van der Waals surface area contributed by atoms with Gasteiger partial charge in [0.25, 0.3) is 0 Å². The van der Waals surface area contributed by atoms with E-state index in [0.717, 1.165) is 0 Å². The smallest absolute Gasteiger partial charge is 0.344 e. The summed E-state index contributed by atoms with van der Waals surface area (Å²) in [5.41, 5.74) is -1.57. The number of aliphatic hydroxyl groups is 1. The second-order valence-corrected chi connectivity index (χ2v) is 4.30. The van der Waals surface area contributed by atoms with E-state index < -0.39 is 23.6 Å². The minimum absolute atomic E-state index is 0.0246. The topological polar surface area (TPSA) is 46.5 Å². The fourth-order valence-electron chi connectivity index (χ4n) is 2.34. The molecule has 1 N–H and O–H groups in total. The lowest BCUT2D eigenvalue weighted by Crippen LogP contribution is -2.41. The summed E-state index contributed by atoms with van der Waals surface area (Å²) in [5, 5.41) is 10.3. The van der Waals surface area contributed by atoms with Crippen LogP contribution >= 0.6 is 0 Å². The fourth-order valence-corrected chi connectivity index (χ4v) is 2.34. The molecule has 0 aliphatic heterocycles. The summed E-state index contributed by atoms with van der Waals surface area (Å²) < 4.78 is 32.1. The zero-order valence-corrected chi connectivity index (χ0v) is 9.95. The molecule has 0 aromatic heterocycles. The van der Waals surface area contributed by atoms with Crippen LogP contribution < -0.4 is 0 Å². The Hall–Kier alpha value is -1.49. The van der Waals surface area contributed by atoms with E-state index >= 15 is 0 Å². The maximum Gasteiger partial charge on any atom is 0.344 e. The second kappa shape index (κ2) is 4.65. The highest BCUT2D eigenvalue weighted by Crippen LogP contribution is 2.41. The van der Waals surface area contributed by atoms with Gasteiger partial charge in [0, 0.05) is 0 Å². The van der Waals surface area contributed by atoms with E-state index in [1.54, 1.807) is 6.92 Å². The molecule has 3 nitrogen and oxygen atoms in total. The zero-order valence-electron chi connectivity index (χ0n) is 9.95. The first-order valence-corrected chi connectivity index (χ1v) is 5.81. The Morgan fingerprint density at radius 2 is 2.33 bits per heavy atom. The van der Waals surface area contributed by atoms with Crippen LogP contribution in [0.3, 0.4) is 0 Å². The Kier molecular flexibility index (Phi) is 3.34. The van der Waals surface area contributed by atoms with Gasteiger partial charge < -0.3 is 9.84 Å². The van der Waals surface area contributed by atoms with E-state index in [0.29, 0.717) is 0 Å². The van der Waals surface area contributed by atoms with Crippen molar-refractivity contribution >= 4 is 5.97 Å². The Labute approximate surface area is 103 Å². The standard InChI is InChI=1S/C13H14F2O3/c1-2-18-12(16)11(15)13(17)7-6-8-9(13)4-3-5-10(8)14/h3-5,11,17H,2,6-7H2,1H3. The Bertz CT molecular complexity index is 475. The van der Waals surface area contributed by atoms with Crippen LogP contribution in [-0.2, 0) is 21.6 Å². The van der Waals surface area contributed by atoms with Gasteiger partial charge in [0.2, 0.25) is 6.17 Å². The van der Waals surface area contributed by atoms with Gasteiger partial charge in [-0.15, -0.1) is 0 Å². The van der Waals surface area contributed by atoms with Crippen molar-refractivity contribution in [1.82, 2.24) is 0 Å². The van der Waals surface area contributed by atoms with Crippen molar-refractivity contribution < 1.29 is 23.4 Å². The first-order chi connectivity index (χ1) is 8.50. The molecular formula is C13H14F2O3. The molecule has 1 aromatic carbocycles. The van der Waals surface area contributed by atoms with Gasteiger partial charge in [0.1, 0.15) is 11.4 Å². The summed E-state index contributed by atoms with van der Waals surface area (Å²) in [4.78, 5) is 11.4. The van der Waals surface area contributed by atoms with E-state index in [2.05, 4.69) is 4.74 Å². The molecule has 18 heavy (non-hydrogen) atoms. The lowest BCUT2D eigenvalue weighted by Gasteiger charge is -2.26. The number of alkyl halides is 1. The van der Waals surface area contributed by atoms with E-state index in [9.17, 15) is 18.7 Å². The van der Waals surface area contributed by atoms with Crippen molar-refractivity contribution in [3.63, 3.8) is 0 Å². The monoisotopic (exact) mass is 256 g/mol. The minimum Gasteiger partial charge on any atom is -0.464 e. The molecule has 1 aliphatic rings. The number of fused-ring (bicyclic) bond motifs is 1. The molecule has 1 aliphatic carbocycles. The van der Waals surface area contributed by atoms with Crippen molar-refractivity contribution in [2.45, 2.75) is 31.5 Å². The van der Waals surface area contributed by atoms with Crippen LogP contribution in [0.2, 0.25) is 0 Å². The van der Waals surface area contributed by atoms with Crippen LogP contribution in [0.5, 0.6) is 0 Å². The highest BCUT2D eigenvalue weighted by atomic mass is 19.1. The normalized spacial score (nSPS) is 23.6. The van der Waals surface area contributed by atoms with Crippen molar-refractivity contribution in [3.8, 4) is 0 Å². The largest absolute Gasteiger partial charge is 0.464 e. The molecule has 0 saturated heterocycles. The molecule has 0 saturated carbocycles. The van der Waals surface area contributed by atoms with Gasteiger partial charge >= 0.3 is 5.97 Å². The van der Waals surface area contributed by atoms with E-state index in [4.69, 9.17) is 0 Å². The predicted octanol–water partition coefficient (Wildman–Crippen LogP) is 1.86. The number of halogens is 2. The van der Waals surface area contributed by atoms with Crippen LogP contribution in [0, 0.1) is 5.82 Å². The highest BCUT2D eigenvalue weighted by Gasteiger charge is 2.49. The lowest BCUT2D eigenvalue weighted by molar-refractivity contribution is -0.161. The number of rotatable bonds is 3. The number of carbonyl (C=O) groups excluding carboxylic acids is 1. The van der Waals surface area contributed by atoms with Crippen LogP contribution in [0.4, 0.5) is 8.78 Å². The molecular weight excluding hydrogens is 242 g/mol. The van der Waals surface area contributed by atoms with Crippen LogP contribution in [0.15, 0.2) is 18.2 Å². The van der Waals surface area contributed by atoms with Crippen LogP contribution in [0.25, 0.3) is 0 Å². The number of esters is 1. The molecule has 5 heteroatoms. The number of hydrogen-bond donors (Lipinski definition) is 1. The first-order valence-electron chi connectivity index (χ1n) is 5.81. The lowest BCUT2D eigenvalue weighted by atomic mass is 9.90. The van der Waals surface area contributed by atoms with Gasteiger partial charge in [-0.3, -0.25) is 0 Å². The Morgan fingerprint density at radius 3 is 3.00 bits per heavy atom. The van der Waals surface area contributed by atoms with Gasteiger partial charge in [0.05, 0.1) is 6.61 Å². The van der Waals surface area contributed by atoms with Crippen LogP contribution in [-0.4, -0.2) is 23.9 Å². The molecule has 0 radical (unpaired) electrons. The summed E-state index contributed by atoms with van der Waals surface area (Å²) in [7, 11) is 0. The van der Waals surface area contributed by atoms with E-state index in [1.807, 2.05) is 0 Å². The summed E-state index contributed by atoms with van der Waals surface area (Å²) in [6.45, 7) is 1.59. The maximum absolute atomic E-state index is 14.0. The maximum atomic E-state index is 14.0. The minimum atomic E-state index is -2.19. The number of hydrogen-bond acceptors (Lipinski definition) is 3. The summed E-state index contributed by atoms with van der Waals surface area (Å²) in [6, 6.07) is 4.09. The number of carbonyl (C=O) groups is 1. The number of benzene rings is 1. The zero-order chi connectivity index (χ0) is 13.3. The van der Waals surface area contributed by atoms with Crippen molar-refractivity contribution in [3.05, 3.63) is 35.1 Å². The van der Waals surface area contributed by atoms with Gasteiger partial charge in [-0.05, 0) is 37.0 Å². The van der Waals surface area contributed by atoms with Gasteiger partial charge in [-0.1, -0.05) is 12.1 Å². The molecule has 0 heterocycles. The third-order valence-electron chi connectivity index (χ3n) is 3.25. The molecule has 1 aromatic rings. The Morgan fingerprint density at radius 1 is 1.61 bits per heavy atom. The fraction of sp³-hybridized carbons (Fsp3) is 0.462. The first kappa shape index (κ1) is 13.0. The highest BCUT2D eigenvalue weighted by molar-refractivity contribution is 5.77. The summed E-state index contributed by atoms with van der Waals surface area (Å²) in [5.74, 6) is -1.60. The van der Waals surface area contributed by atoms with E-state index in [-0.39, 0.29) is 30.6 Å². The molecule has 0 bridgehead atoms. The predicted molar refractivity (Wildman–Crippen MR) is 60.1 cm³/mol. The molecule has 2 rings (SSSR count). The average Bonchev–Trinajstić information content (AvgIpc) is 2.69. The number of ether oxygens (including phenoxy) is 1. The van der Waals surface area contributed by atoms with Gasteiger partial charge in [-0.25, -0.2) is 13.6 Å². The molecule has 2 atom stereocenters. The quantitative estimate of drug-likeness (QED) is 0.840. The molecule has 0 fully saturated rings. The van der Waals surface area contributed by atoms with Gasteiger partial charge in [0.15, 0.2) is 0 Å². The van der Waals surface area contributed by atoms with Crippen molar-refractivity contribution in [2.75, 3.05) is 6.61 Å². The van der Waals surface area contributed by atoms with E-state index in [1.165, 1.54) is 18.2 Å². The summed E-state index contributed by atoms with van der Waals surface area (Å²) >= 11 is 0. The SMILES string of the molecule is CCOC(=O)C(F)C1(O)CCc2c(F)cccc21.